The third-order valence-electron chi connectivity index (χ3n) is 2.09. The number of nitrogens with zero attached hydrogens (tertiary/aromatic N) is 3. The summed E-state index contributed by atoms with van der Waals surface area (Å²) in [6.45, 7) is 1.76. The first kappa shape index (κ1) is 12.8. The fraction of sp³-hybridized carbons (Fsp3) is 0.0833. The Morgan fingerprint density at radius 1 is 1.22 bits per heavy atom. The van der Waals surface area contributed by atoms with Crippen LogP contribution in [0.15, 0.2) is 35.4 Å². The summed E-state index contributed by atoms with van der Waals surface area (Å²) in [7, 11) is 0. The van der Waals surface area contributed by atoms with Crippen LogP contribution in [-0.2, 0) is 0 Å². The van der Waals surface area contributed by atoms with Crippen LogP contribution in [0.25, 0.3) is 0 Å². The standard InChI is InChI=1S/C12H10Cl2N4/c1-8-16-11(14)6-12(17-8)18-15-7-9-4-2-3-5-10(9)13/h2-7H,1H3,(H,16,17,18)/b15-7+. The second-order valence-electron chi connectivity index (χ2n) is 3.51. The Labute approximate surface area is 115 Å². The molecule has 1 aromatic heterocycles. The van der Waals surface area contributed by atoms with Crippen molar-refractivity contribution in [3.63, 3.8) is 0 Å². The van der Waals surface area contributed by atoms with E-state index in [4.69, 9.17) is 23.2 Å². The van der Waals surface area contributed by atoms with Crippen LogP contribution in [0.5, 0.6) is 0 Å². The van der Waals surface area contributed by atoms with E-state index < -0.39 is 0 Å². The van der Waals surface area contributed by atoms with Crippen LogP contribution >= 0.6 is 23.2 Å². The second-order valence-corrected chi connectivity index (χ2v) is 4.31. The van der Waals surface area contributed by atoms with E-state index in [1.54, 1.807) is 25.3 Å². The second kappa shape index (κ2) is 5.80. The van der Waals surface area contributed by atoms with Gasteiger partial charge >= 0.3 is 0 Å². The van der Waals surface area contributed by atoms with Gasteiger partial charge in [-0.2, -0.15) is 5.10 Å². The molecule has 1 aromatic carbocycles. The predicted molar refractivity (Wildman–Crippen MR) is 74.4 cm³/mol. The molecule has 0 aliphatic carbocycles. The summed E-state index contributed by atoms with van der Waals surface area (Å²) in [6, 6.07) is 9.01. The van der Waals surface area contributed by atoms with E-state index >= 15 is 0 Å². The molecule has 0 atom stereocenters. The van der Waals surface area contributed by atoms with Crippen molar-refractivity contribution in [2.45, 2.75) is 6.92 Å². The number of anilines is 1. The minimum Gasteiger partial charge on any atom is -0.261 e. The van der Waals surface area contributed by atoms with Gasteiger partial charge in [0, 0.05) is 16.7 Å². The highest BCUT2D eigenvalue weighted by Crippen LogP contribution is 2.13. The number of aryl methyl sites for hydroxylation is 1. The summed E-state index contributed by atoms with van der Waals surface area (Å²) < 4.78 is 0. The molecule has 0 aliphatic rings. The van der Waals surface area contributed by atoms with Crippen molar-refractivity contribution in [2.75, 3.05) is 5.43 Å². The number of rotatable bonds is 3. The largest absolute Gasteiger partial charge is 0.261 e. The highest BCUT2D eigenvalue weighted by Gasteiger charge is 1.98. The number of hydrogen-bond donors (Lipinski definition) is 1. The van der Waals surface area contributed by atoms with Gasteiger partial charge in [-0.15, -0.1) is 0 Å². The van der Waals surface area contributed by atoms with Gasteiger partial charge in [-0.25, -0.2) is 9.97 Å². The van der Waals surface area contributed by atoms with E-state index in [1.165, 1.54) is 0 Å². The molecule has 18 heavy (non-hydrogen) atoms. The third kappa shape index (κ3) is 3.42. The Bertz CT molecular complexity index is 564. The van der Waals surface area contributed by atoms with Gasteiger partial charge < -0.3 is 0 Å². The van der Waals surface area contributed by atoms with Gasteiger partial charge in [0.1, 0.15) is 11.0 Å². The van der Waals surface area contributed by atoms with Crippen LogP contribution in [0.3, 0.4) is 0 Å². The van der Waals surface area contributed by atoms with E-state index in [1.807, 2.05) is 18.2 Å². The molecule has 0 bridgehead atoms. The van der Waals surface area contributed by atoms with E-state index in [9.17, 15) is 0 Å². The lowest BCUT2D eigenvalue weighted by Crippen LogP contribution is -1.97. The first-order chi connectivity index (χ1) is 8.65. The quantitative estimate of drug-likeness (QED) is 0.532. The van der Waals surface area contributed by atoms with Crippen LogP contribution in [-0.4, -0.2) is 16.2 Å². The van der Waals surface area contributed by atoms with Gasteiger partial charge in [0.05, 0.1) is 6.21 Å². The first-order valence-corrected chi connectivity index (χ1v) is 5.95. The molecule has 4 nitrogen and oxygen atoms in total. The average molecular weight is 281 g/mol. The SMILES string of the molecule is Cc1nc(Cl)cc(N/N=C/c2ccccc2Cl)n1. The summed E-state index contributed by atoms with van der Waals surface area (Å²) in [4.78, 5) is 8.09. The number of hydrogen-bond acceptors (Lipinski definition) is 4. The Morgan fingerprint density at radius 2 is 2.00 bits per heavy atom. The zero-order chi connectivity index (χ0) is 13.0. The van der Waals surface area contributed by atoms with E-state index in [0.717, 1.165) is 5.56 Å². The van der Waals surface area contributed by atoms with Gasteiger partial charge in [-0.05, 0) is 13.0 Å². The summed E-state index contributed by atoms with van der Waals surface area (Å²) in [5.41, 5.74) is 3.60. The molecule has 6 heteroatoms. The first-order valence-electron chi connectivity index (χ1n) is 5.20. The van der Waals surface area contributed by atoms with E-state index in [0.29, 0.717) is 21.8 Å². The Kier molecular flexibility index (Phi) is 4.12. The zero-order valence-electron chi connectivity index (χ0n) is 9.56. The van der Waals surface area contributed by atoms with Gasteiger partial charge in [0.2, 0.25) is 0 Å². The van der Waals surface area contributed by atoms with Crippen molar-refractivity contribution < 1.29 is 0 Å². The number of aromatic nitrogens is 2. The zero-order valence-corrected chi connectivity index (χ0v) is 11.1. The van der Waals surface area contributed by atoms with Crippen LogP contribution < -0.4 is 5.43 Å². The van der Waals surface area contributed by atoms with Gasteiger partial charge in [-0.1, -0.05) is 41.4 Å². The molecule has 0 fully saturated rings. The molecule has 92 valence electrons. The topological polar surface area (TPSA) is 50.2 Å². The third-order valence-corrected chi connectivity index (χ3v) is 2.63. The normalized spacial score (nSPS) is 10.8. The summed E-state index contributed by atoms with van der Waals surface area (Å²) in [6.07, 6.45) is 1.62. The number of hydrazone groups is 1. The molecular formula is C12H10Cl2N4. The minimum absolute atomic E-state index is 0.373. The van der Waals surface area contributed by atoms with E-state index in [-0.39, 0.29) is 0 Å². The molecular weight excluding hydrogens is 271 g/mol. The van der Waals surface area contributed by atoms with Crippen molar-refractivity contribution in [3.05, 3.63) is 51.9 Å². The van der Waals surface area contributed by atoms with Crippen molar-refractivity contribution in [2.24, 2.45) is 5.10 Å². The summed E-state index contributed by atoms with van der Waals surface area (Å²) in [5.74, 6) is 1.12. The molecule has 2 rings (SSSR count). The molecule has 0 radical (unpaired) electrons. The average Bonchev–Trinajstić information content (AvgIpc) is 2.30. The highest BCUT2D eigenvalue weighted by atomic mass is 35.5. The maximum Gasteiger partial charge on any atom is 0.151 e. The van der Waals surface area contributed by atoms with Crippen LogP contribution in [0.1, 0.15) is 11.4 Å². The van der Waals surface area contributed by atoms with Crippen LogP contribution in [0, 0.1) is 6.92 Å². The minimum atomic E-state index is 0.373. The fourth-order valence-electron chi connectivity index (χ4n) is 1.34. The van der Waals surface area contributed by atoms with Gasteiger partial charge in [0.15, 0.2) is 5.82 Å². The predicted octanol–water partition coefficient (Wildman–Crippen LogP) is 3.54. The smallest absolute Gasteiger partial charge is 0.151 e. The Hall–Kier alpha value is -1.65. The number of benzene rings is 1. The molecule has 0 amide bonds. The monoisotopic (exact) mass is 280 g/mol. The summed E-state index contributed by atoms with van der Waals surface area (Å²) >= 11 is 11.8. The lowest BCUT2D eigenvalue weighted by molar-refractivity contribution is 1.04. The van der Waals surface area contributed by atoms with Crippen LogP contribution in [0.2, 0.25) is 10.2 Å². The van der Waals surface area contributed by atoms with E-state index in [2.05, 4.69) is 20.5 Å². The Balaban J connectivity index is 2.10. The number of nitrogens with one attached hydrogen (secondary N) is 1. The molecule has 1 N–H and O–H groups in total. The molecule has 2 aromatic rings. The molecule has 0 unspecified atom stereocenters. The fourth-order valence-corrected chi connectivity index (χ4v) is 1.75. The molecule has 0 aliphatic heterocycles. The van der Waals surface area contributed by atoms with Crippen LogP contribution in [0.4, 0.5) is 5.82 Å². The highest BCUT2D eigenvalue weighted by molar-refractivity contribution is 6.33. The lowest BCUT2D eigenvalue weighted by atomic mass is 10.2. The Morgan fingerprint density at radius 3 is 2.72 bits per heavy atom. The molecule has 0 saturated heterocycles. The number of halogens is 2. The lowest BCUT2D eigenvalue weighted by Gasteiger charge is -2.01. The summed E-state index contributed by atoms with van der Waals surface area (Å²) in [5, 5.41) is 5.06. The maximum atomic E-state index is 5.99. The van der Waals surface area contributed by atoms with Crippen molar-refractivity contribution in [1.82, 2.24) is 9.97 Å². The van der Waals surface area contributed by atoms with Gasteiger partial charge in [-0.3, -0.25) is 5.43 Å². The van der Waals surface area contributed by atoms with Crippen molar-refractivity contribution in [3.8, 4) is 0 Å². The molecule has 0 saturated carbocycles. The van der Waals surface area contributed by atoms with Gasteiger partial charge in [0.25, 0.3) is 0 Å². The molecule has 1 heterocycles. The maximum absolute atomic E-state index is 5.99. The van der Waals surface area contributed by atoms with Crippen molar-refractivity contribution >= 4 is 35.2 Å². The molecule has 0 spiro atoms. The van der Waals surface area contributed by atoms with Crippen molar-refractivity contribution in [1.29, 1.82) is 0 Å².